The molecule has 1 atom stereocenters. The minimum absolute atomic E-state index is 0.0469. The number of aromatic nitrogens is 1. The monoisotopic (exact) mass is 402 g/mol. The molecule has 0 spiro atoms. The fourth-order valence-corrected chi connectivity index (χ4v) is 3.41. The van der Waals surface area contributed by atoms with Crippen LogP contribution in [0.25, 0.3) is 0 Å². The molecule has 1 aromatic rings. The molecule has 1 aliphatic rings. The van der Waals surface area contributed by atoms with E-state index in [4.69, 9.17) is 4.74 Å². The second kappa shape index (κ2) is 9.58. The van der Waals surface area contributed by atoms with Crippen molar-refractivity contribution in [3.8, 4) is 0 Å². The van der Waals surface area contributed by atoms with Gasteiger partial charge in [-0.2, -0.15) is 13.2 Å². The van der Waals surface area contributed by atoms with E-state index in [2.05, 4.69) is 4.90 Å². The SMILES string of the molecule is CCOC(=O)C(CC(C)C)n1cc(CCCN2CCC2)c(C(F)(F)F)cc1=O. The minimum atomic E-state index is -4.61. The maximum Gasteiger partial charge on any atom is 0.416 e. The van der Waals surface area contributed by atoms with E-state index in [1.165, 1.54) is 6.20 Å². The van der Waals surface area contributed by atoms with Crippen molar-refractivity contribution < 1.29 is 22.7 Å². The summed E-state index contributed by atoms with van der Waals surface area (Å²) in [5.41, 5.74) is -1.70. The number of carbonyl (C=O) groups excluding carboxylic acids is 1. The van der Waals surface area contributed by atoms with Crippen LogP contribution in [-0.4, -0.2) is 41.7 Å². The maximum absolute atomic E-state index is 13.5. The summed E-state index contributed by atoms with van der Waals surface area (Å²) in [6.45, 7) is 8.25. The molecule has 0 bridgehead atoms. The van der Waals surface area contributed by atoms with Crippen molar-refractivity contribution in [1.82, 2.24) is 9.47 Å². The molecule has 1 aromatic heterocycles. The summed E-state index contributed by atoms with van der Waals surface area (Å²) < 4.78 is 46.6. The van der Waals surface area contributed by atoms with Crippen molar-refractivity contribution in [1.29, 1.82) is 0 Å². The smallest absolute Gasteiger partial charge is 0.416 e. The first-order chi connectivity index (χ1) is 13.1. The second-order valence-corrected chi connectivity index (χ2v) is 7.65. The third-order valence-corrected chi connectivity index (χ3v) is 4.93. The van der Waals surface area contributed by atoms with Crippen LogP contribution in [0.15, 0.2) is 17.1 Å². The molecule has 2 heterocycles. The number of likely N-dealkylation sites (tertiary alicyclic amines) is 1. The molecular formula is C20H29F3N2O3. The van der Waals surface area contributed by atoms with Gasteiger partial charge in [0, 0.05) is 12.3 Å². The van der Waals surface area contributed by atoms with Gasteiger partial charge in [0.2, 0.25) is 0 Å². The Bertz CT molecular complexity index is 724. The van der Waals surface area contributed by atoms with Crippen LogP contribution in [0.5, 0.6) is 0 Å². The zero-order chi connectivity index (χ0) is 20.9. The van der Waals surface area contributed by atoms with E-state index < -0.39 is 29.3 Å². The molecule has 2 rings (SSSR count). The van der Waals surface area contributed by atoms with Crippen LogP contribution in [0.3, 0.4) is 0 Å². The molecule has 8 heteroatoms. The van der Waals surface area contributed by atoms with E-state index in [9.17, 15) is 22.8 Å². The van der Waals surface area contributed by atoms with Gasteiger partial charge in [-0.05, 0) is 63.7 Å². The number of carbonyl (C=O) groups is 1. The molecule has 0 aliphatic carbocycles. The van der Waals surface area contributed by atoms with Crippen molar-refractivity contribution in [2.75, 3.05) is 26.2 Å². The highest BCUT2D eigenvalue weighted by molar-refractivity contribution is 5.74. The van der Waals surface area contributed by atoms with Gasteiger partial charge in [0.1, 0.15) is 6.04 Å². The number of alkyl halides is 3. The average Bonchev–Trinajstić information content (AvgIpc) is 2.55. The van der Waals surface area contributed by atoms with E-state index in [0.29, 0.717) is 18.9 Å². The lowest BCUT2D eigenvalue weighted by molar-refractivity contribution is -0.147. The summed E-state index contributed by atoms with van der Waals surface area (Å²) in [4.78, 5) is 27.0. The van der Waals surface area contributed by atoms with Crippen molar-refractivity contribution >= 4 is 5.97 Å². The van der Waals surface area contributed by atoms with E-state index in [1.54, 1.807) is 6.92 Å². The average molecular weight is 402 g/mol. The van der Waals surface area contributed by atoms with E-state index in [-0.39, 0.29) is 24.5 Å². The number of rotatable bonds is 9. The van der Waals surface area contributed by atoms with Crippen LogP contribution in [0.4, 0.5) is 13.2 Å². The quantitative estimate of drug-likeness (QED) is 0.592. The normalized spacial score (nSPS) is 16.1. The van der Waals surface area contributed by atoms with Crippen molar-refractivity contribution in [3.63, 3.8) is 0 Å². The summed E-state index contributed by atoms with van der Waals surface area (Å²) in [7, 11) is 0. The van der Waals surface area contributed by atoms with Crippen LogP contribution >= 0.6 is 0 Å². The Hall–Kier alpha value is -1.83. The van der Waals surface area contributed by atoms with Gasteiger partial charge in [-0.15, -0.1) is 0 Å². The van der Waals surface area contributed by atoms with E-state index in [1.807, 2.05) is 13.8 Å². The molecule has 1 aliphatic heterocycles. The van der Waals surface area contributed by atoms with Gasteiger partial charge in [-0.1, -0.05) is 13.8 Å². The Labute approximate surface area is 163 Å². The lowest BCUT2D eigenvalue weighted by Gasteiger charge is -2.30. The molecule has 0 N–H and O–H groups in total. The number of hydrogen-bond acceptors (Lipinski definition) is 4. The number of ether oxygens (including phenoxy) is 1. The number of pyridine rings is 1. The van der Waals surface area contributed by atoms with Gasteiger partial charge < -0.3 is 14.2 Å². The fourth-order valence-electron chi connectivity index (χ4n) is 3.41. The molecule has 1 unspecified atom stereocenters. The van der Waals surface area contributed by atoms with Crippen molar-refractivity contribution in [2.24, 2.45) is 5.92 Å². The Balaban J connectivity index is 2.37. The standard InChI is InChI=1S/C20H29F3N2O3/c1-4-28-19(27)17(11-14(2)3)25-13-15(7-5-8-24-9-6-10-24)16(12-18(25)26)20(21,22)23/h12-14,17H,4-11H2,1-3H3. The number of hydrogen-bond donors (Lipinski definition) is 0. The summed E-state index contributed by atoms with van der Waals surface area (Å²) >= 11 is 0. The van der Waals surface area contributed by atoms with Gasteiger partial charge in [0.15, 0.2) is 0 Å². The summed E-state index contributed by atoms with van der Waals surface area (Å²) in [6, 6.07) is -0.310. The van der Waals surface area contributed by atoms with Crippen LogP contribution in [0.1, 0.15) is 57.2 Å². The maximum atomic E-state index is 13.5. The predicted molar refractivity (Wildman–Crippen MR) is 100 cm³/mol. The summed E-state index contributed by atoms with van der Waals surface area (Å²) in [5, 5.41) is 0. The molecule has 1 saturated heterocycles. The summed E-state index contributed by atoms with van der Waals surface area (Å²) in [5.74, 6) is -0.525. The zero-order valence-electron chi connectivity index (χ0n) is 16.7. The van der Waals surface area contributed by atoms with Crippen LogP contribution in [-0.2, 0) is 22.1 Å². The molecule has 28 heavy (non-hydrogen) atoms. The highest BCUT2D eigenvalue weighted by atomic mass is 19.4. The first-order valence-electron chi connectivity index (χ1n) is 9.84. The fraction of sp³-hybridized carbons (Fsp3) is 0.700. The summed E-state index contributed by atoms with van der Waals surface area (Å²) in [6.07, 6.45) is -1.20. The Morgan fingerprint density at radius 2 is 1.96 bits per heavy atom. The number of esters is 1. The number of halogens is 3. The lowest BCUT2D eigenvalue weighted by Crippen LogP contribution is -2.38. The van der Waals surface area contributed by atoms with E-state index >= 15 is 0 Å². The predicted octanol–water partition coefficient (Wildman–Crippen LogP) is 3.66. The van der Waals surface area contributed by atoms with Crippen molar-refractivity contribution in [3.05, 3.63) is 33.7 Å². The van der Waals surface area contributed by atoms with Gasteiger partial charge >= 0.3 is 12.1 Å². The molecule has 1 fully saturated rings. The lowest BCUT2D eigenvalue weighted by atomic mass is 10.0. The van der Waals surface area contributed by atoms with Gasteiger partial charge in [-0.25, -0.2) is 4.79 Å². The molecular weight excluding hydrogens is 373 g/mol. The third-order valence-electron chi connectivity index (χ3n) is 4.93. The van der Waals surface area contributed by atoms with E-state index in [0.717, 1.165) is 30.6 Å². The molecule has 158 valence electrons. The minimum Gasteiger partial charge on any atom is -0.464 e. The van der Waals surface area contributed by atoms with Gasteiger partial charge in [0.05, 0.1) is 12.2 Å². The highest BCUT2D eigenvalue weighted by Gasteiger charge is 2.35. The Kier molecular flexibility index (Phi) is 7.69. The topological polar surface area (TPSA) is 51.5 Å². The largest absolute Gasteiger partial charge is 0.464 e. The Morgan fingerprint density at radius 1 is 1.29 bits per heavy atom. The van der Waals surface area contributed by atoms with Crippen LogP contribution in [0.2, 0.25) is 0 Å². The molecule has 5 nitrogen and oxygen atoms in total. The zero-order valence-corrected chi connectivity index (χ0v) is 16.7. The second-order valence-electron chi connectivity index (χ2n) is 7.65. The van der Waals surface area contributed by atoms with Gasteiger partial charge in [0.25, 0.3) is 5.56 Å². The molecule has 0 saturated carbocycles. The molecule has 0 amide bonds. The van der Waals surface area contributed by atoms with Crippen molar-refractivity contribution in [2.45, 2.75) is 58.7 Å². The molecule has 0 radical (unpaired) electrons. The van der Waals surface area contributed by atoms with Crippen LogP contribution < -0.4 is 5.56 Å². The highest BCUT2D eigenvalue weighted by Crippen LogP contribution is 2.32. The number of aryl methyl sites for hydroxylation is 1. The molecule has 0 aromatic carbocycles. The van der Waals surface area contributed by atoms with Crippen LogP contribution in [0, 0.1) is 5.92 Å². The first-order valence-corrected chi connectivity index (χ1v) is 9.84. The first kappa shape index (κ1) is 22.5. The van der Waals surface area contributed by atoms with Gasteiger partial charge in [-0.3, -0.25) is 4.79 Å². The third kappa shape index (κ3) is 5.83. The number of nitrogens with zero attached hydrogens (tertiary/aromatic N) is 2. The Morgan fingerprint density at radius 3 is 2.46 bits per heavy atom.